The summed E-state index contributed by atoms with van der Waals surface area (Å²) in [5, 5.41) is 8.94. The van der Waals surface area contributed by atoms with Crippen LogP contribution in [0.4, 0.5) is 0 Å². The van der Waals surface area contributed by atoms with Crippen LogP contribution in [0.3, 0.4) is 0 Å². The van der Waals surface area contributed by atoms with Gasteiger partial charge >= 0.3 is 0 Å². The van der Waals surface area contributed by atoms with Crippen LogP contribution in [-0.4, -0.2) is 14.8 Å². The summed E-state index contributed by atoms with van der Waals surface area (Å²) in [6.07, 6.45) is 12.7. The van der Waals surface area contributed by atoms with Crippen molar-refractivity contribution in [1.29, 1.82) is 0 Å². The predicted octanol–water partition coefficient (Wildman–Crippen LogP) is 2.83. The van der Waals surface area contributed by atoms with Gasteiger partial charge in [-0.1, -0.05) is 0 Å². The quantitative estimate of drug-likeness (QED) is 0.926. The predicted molar refractivity (Wildman–Crippen MR) is 80.5 cm³/mol. The van der Waals surface area contributed by atoms with Crippen molar-refractivity contribution in [2.24, 2.45) is 28.9 Å². The number of aromatic nitrogens is 3. The van der Waals surface area contributed by atoms with E-state index in [0.717, 1.165) is 23.6 Å². The molecule has 4 nitrogen and oxygen atoms in total. The Balaban J connectivity index is 1.46. The first kappa shape index (κ1) is 12.6. The molecule has 0 saturated heterocycles. The van der Waals surface area contributed by atoms with Gasteiger partial charge in [0, 0.05) is 12.5 Å². The van der Waals surface area contributed by atoms with E-state index < -0.39 is 0 Å². The zero-order valence-electron chi connectivity index (χ0n) is 12.8. The van der Waals surface area contributed by atoms with Gasteiger partial charge < -0.3 is 10.3 Å². The topological polar surface area (TPSA) is 56.7 Å². The molecule has 1 aromatic heterocycles. The van der Waals surface area contributed by atoms with Crippen molar-refractivity contribution in [3.8, 4) is 0 Å². The average Bonchev–Trinajstić information content (AvgIpc) is 3.19. The molecular weight excluding hydrogens is 260 g/mol. The van der Waals surface area contributed by atoms with Crippen LogP contribution < -0.4 is 5.73 Å². The highest BCUT2D eigenvalue weighted by Gasteiger charge is 2.51. The van der Waals surface area contributed by atoms with E-state index in [-0.39, 0.29) is 0 Å². The number of hydrogen-bond acceptors (Lipinski definition) is 3. The SMILES string of the molecule is NCc1nnc(CC23CC4CC(CC(C4)C2)C3)n1C1CC1. The lowest BCUT2D eigenvalue weighted by atomic mass is 9.49. The van der Waals surface area contributed by atoms with Crippen molar-refractivity contribution < 1.29 is 0 Å². The molecule has 0 atom stereocenters. The van der Waals surface area contributed by atoms with Crippen molar-refractivity contribution in [2.45, 2.75) is 70.4 Å². The van der Waals surface area contributed by atoms with Gasteiger partial charge in [-0.2, -0.15) is 0 Å². The normalized spacial score (nSPS) is 40.9. The third kappa shape index (κ3) is 1.98. The molecule has 114 valence electrons. The molecule has 4 bridgehead atoms. The van der Waals surface area contributed by atoms with Crippen LogP contribution in [0.1, 0.15) is 69.1 Å². The molecule has 2 N–H and O–H groups in total. The molecule has 0 aliphatic heterocycles. The van der Waals surface area contributed by atoms with Crippen LogP contribution in [0.15, 0.2) is 0 Å². The summed E-state index contributed by atoms with van der Waals surface area (Å²) in [7, 11) is 0. The minimum Gasteiger partial charge on any atom is -0.324 e. The summed E-state index contributed by atoms with van der Waals surface area (Å²) in [5.41, 5.74) is 6.42. The van der Waals surface area contributed by atoms with Crippen LogP contribution in [0.2, 0.25) is 0 Å². The van der Waals surface area contributed by atoms with Crippen LogP contribution in [0.5, 0.6) is 0 Å². The van der Waals surface area contributed by atoms with Crippen molar-refractivity contribution in [3.05, 3.63) is 11.6 Å². The van der Waals surface area contributed by atoms with Gasteiger partial charge in [-0.3, -0.25) is 0 Å². The van der Waals surface area contributed by atoms with E-state index in [4.69, 9.17) is 5.73 Å². The number of hydrogen-bond donors (Lipinski definition) is 1. The van der Waals surface area contributed by atoms with Crippen molar-refractivity contribution in [1.82, 2.24) is 14.8 Å². The fraction of sp³-hybridized carbons (Fsp3) is 0.882. The standard InChI is InChI=1S/C17H26N4/c18-10-16-20-19-15(21(16)14-1-2-14)9-17-6-11-3-12(7-17)5-13(4-11)8-17/h11-14H,1-10,18H2. The van der Waals surface area contributed by atoms with Gasteiger partial charge in [0.25, 0.3) is 0 Å². The third-order valence-electron chi connectivity index (χ3n) is 6.63. The van der Waals surface area contributed by atoms with Gasteiger partial charge in [0.15, 0.2) is 0 Å². The highest BCUT2D eigenvalue weighted by molar-refractivity contribution is 5.09. The highest BCUT2D eigenvalue weighted by Crippen LogP contribution is 2.61. The minimum atomic E-state index is 0.532. The molecule has 1 aromatic rings. The Hall–Kier alpha value is -0.900. The van der Waals surface area contributed by atoms with Crippen molar-refractivity contribution in [3.63, 3.8) is 0 Å². The largest absolute Gasteiger partial charge is 0.324 e. The van der Waals surface area contributed by atoms with E-state index in [1.807, 2.05) is 0 Å². The second-order valence-corrected chi connectivity index (χ2v) is 8.43. The second-order valence-electron chi connectivity index (χ2n) is 8.43. The Kier molecular flexibility index (Phi) is 2.59. The van der Waals surface area contributed by atoms with Crippen LogP contribution in [0, 0.1) is 23.2 Å². The van der Waals surface area contributed by atoms with Crippen molar-refractivity contribution in [2.75, 3.05) is 0 Å². The van der Waals surface area contributed by atoms with Gasteiger partial charge in [-0.15, -0.1) is 10.2 Å². The summed E-state index contributed by atoms with van der Waals surface area (Å²) < 4.78 is 2.40. The number of nitrogens with zero attached hydrogens (tertiary/aromatic N) is 3. The number of nitrogens with two attached hydrogens (primary N) is 1. The van der Waals surface area contributed by atoms with E-state index in [0.29, 0.717) is 18.0 Å². The Morgan fingerprint density at radius 2 is 1.52 bits per heavy atom. The van der Waals surface area contributed by atoms with E-state index >= 15 is 0 Å². The average molecular weight is 286 g/mol. The van der Waals surface area contributed by atoms with E-state index in [9.17, 15) is 0 Å². The van der Waals surface area contributed by atoms with Gasteiger partial charge in [0.05, 0.1) is 6.54 Å². The number of rotatable bonds is 4. The molecule has 5 aliphatic rings. The zero-order valence-corrected chi connectivity index (χ0v) is 12.8. The zero-order chi connectivity index (χ0) is 14.0. The first-order chi connectivity index (χ1) is 10.2. The Morgan fingerprint density at radius 3 is 2.05 bits per heavy atom. The molecule has 0 spiro atoms. The van der Waals surface area contributed by atoms with Gasteiger partial charge in [-0.25, -0.2) is 0 Å². The summed E-state index contributed by atoms with van der Waals surface area (Å²) in [4.78, 5) is 0. The highest BCUT2D eigenvalue weighted by atomic mass is 15.3. The molecule has 0 unspecified atom stereocenters. The summed E-state index contributed by atoms with van der Waals surface area (Å²) in [6, 6.07) is 0.655. The Labute approximate surface area is 126 Å². The summed E-state index contributed by atoms with van der Waals surface area (Å²) in [6.45, 7) is 0.532. The fourth-order valence-electron chi connectivity index (χ4n) is 6.22. The monoisotopic (exact) mass is 286 g/mol. The maximum atomic E-state index is 5.87. The van der Waals surface area contributed by atoms with Crippen LogP contribution in [-0.2, 0) is 13.0 Å². The lowest BCUT2D eigenvalue weighted by Crippen LogP contribution is -2.47. The van der Waals surface area contributed by atoms with Crippen LogP contribution in [0.25, 0.3) is 0 Å². The van der Waals surface area contributed by atoms with E-state index in [2.05, 4.69) is 14.8 Å². The Morgan fingerprint density at radius 1 is 0.952 bits per heavy atom. The molecule has 4 heteroatoms. The molecule has 0 amide bonds. The van der Waals surface area contributed by atoms with E-state index in [1.54, 1.807) is 0 Å². The lowest BCUT2D eigenvalue weighted by Gasteiger charge is -2.56. The van der Waals surface area contributed by atoms with Crippen molar-refractivity contribution >= 4 is 0 Å². The first-order valence-corrected chi connectivity index (χ1v) is 8.87. The van der Waals surface area contributed by atoms with Crippen LogP contribution >= 0.6 is 0 Å². The maximum Gasteiger partial charge on any atom is 0.147 e. The third-order valence-corrected chi connectivity index (χ3v) is 6.63. The molecular formula is C17H26N4. The second kappa shape index (κ2) is 4.31. The lowest BCUT2D eigenvalue weighted by molar-refractivity contribution is -0.0536. The molecule has 5 aliphatic carbocycles. The van der Waals surface area contributed by atoms with Gasteiger partial charge in [0.1, 0.15) is 11.6 Å². The maximum absolute atomic E-state index is 5.87. The summed E-state index contributed by atoms with van der Waals surface area (Å²) in [5.74, 6) is 5.31. The first-order valence-electron chi connectivity index (χ1n) is 8.87. The van der Waals surface area contributed by atoms with Gasteiger partial charge in [-0.05, 0) is 74.5 Å². The molecule has 21 heavy (non-hydrogen) atoms. The molecule has 0 radical (unpaired) electrons. The molecule has 5 fully saturated rings. The van der Waals surface area contributed by atoms with Gasteiger partial charge in [0.2, 0.25) is 0 Å². The van der Waals surface area contributed by atoms with E-state index in [1.165, 1.54) is 63.6 Å². The smallest absolute Gasteiger partial charge is 0.147 e. The summed E-state index contributed by atoms with van der Waals surface area (Å²) >= 11 is 0. The molecule has 0 aromatic carbocycles. The minimum absolute atomic E-state index is 0.532. The molecule has 1 heterocycles. The Bertz CT molecular complexity index is 522. The molecule has 6 rings (SSSR count). The molecule has 5 saturated carbocycles. The fourth-order valence-corrected chi connectivity index (χ4v) is 6.22.